The number of hydrogen-bond donors (Lipinski definition) is 2. The van der Waals surface area contributed by atoms with Gasteiger partial charge in [0, 0.05) is 12.5 Å². The first-order valence-corrected chi connectivity index (χ1v) is 7.75. The van der Waals surface area contributed by atoms with E-state index in [9.17, 15) is 14.3 Å². The number of carboxylic acids is 1. The lowest BCUT2D eigenvalue weighted by Crippen LogP contribution is -2.55. The van der Waals surface area contributed by atoms with Gasteiger partial charge in [-0.05, 0) is 37.5 Å². The SMILES string of the molecule is CC(Cc1cccc(F)c1)(NC1CCCCCC1)C(=O)O. The summed E-state index contributed by atoms with van der Waals surface area (Å²) in [5.74, 6) is -1.20. The van der Waals surface area contributed by atoms with Crippen molar-refractivity contribution in [3.8, 4) is 0 Å². The number of benzene rings is 1. The molecule has 1 fully saturated rings. The van der Waals surface area contributed by atoms with E-state index in [1.54, 1.807) is 19.1 Å². The summed E-state index contributed by atoms with van der Waals surface area (Å²) >= 11 is 0. The van der Waals surface area contributed by atoms with Crippen LogP contribution in [0.1, 0.15) is 51.0 Å². The molecule has 0 aliphatic heterocycles. The van der Waals surface area contributed by atoms with Crippen LogP contribution in [0.25, 0.3) is 0 Å². The lowest BCUT2D eigenvalue weighted by molar-refractivity contribution is -0.144. The summed E-state index contributed by atoms with van der Waals surface area (Å²) in [6.45, 7) is 1.70. The smallest absolute Gasteiger partial charge is 0.323 e. The number of halogens is 1. The van der Waals surface area contributed by atoms with Crippen molar-refractivity contribution in [3.05, 3.63) is 35.6 Å². The number of rotatable bonds is 5. The first-order chi connectivity index (χ1) is 9.99. The van der Waals surface area contributed by atoms with Crippen molar-refractivity contribution in [1.29, 1.82) is 0 Å². The van der Waals surface area contributed by atoms with Gasteiger partial charge >= 0.3 is 5.97 Å². The molecule has 1 atom stereocenters. The first kappa shape index (κ1) is 16.0. The van der Waals surface area contributed by atoms with Gasteiger partial charge in [-0.3, -0.25) is 10.1 Å². The Balaban J connectivity index is 2.09. The van der Waals surface area contributed by atoms with E-state index in [0.29, 0.717) is 5.56 Å². The molecule has 1 aromatic rings. The molecule has 2 N–H and O–H groups in total. The average Bonchev–Trinajstić information content (AvgIpc) is 2.67. The fourth-order valence-electron chi connectivity index (χ4n) is 3.12. The third-order valence-electron chi connectivity index (χ3n) is 4.30. The van der Waals surface area contributed by atoms with E-state index in [2.05, 4.69) is 5.32 Å². The minimum atomic E-state index is -1.05. The Kier molecular flexibility index (Phi) is 5.34. The van der Waals surface area contributed by atoms with Gasteiger partial charge in [-0.1, -0.05) is 37.8 Å². The van der Waals surface area contributed by atoms with Crippen molar-refractivity contribution in [2.75, 3.05) is 0 Å². The second-order valence-corrected chi connectivity index (χ2v) is 6.28. The van der Waals surface area contributed by atoms with E-state index in [1.807, 2.05) is 0 Å². The van der Waals surface area contributed by atoms with Crippen LogP contribution < -0.4 is 5.32 Å². The van der Waals surface area contributed by atoms with Crippen molar-refractivity contribution in [2.24, 2.45) is 0 Å². The van der Waals surface area contributed by atoms with Crippen molar-refractivity contribution >= 4 is 5.97 Å². The molecule has 0 spiro atoms. The third kappa shape index (κ3) is 4.53. The van der Waals surface area contributed by atoms with Gasteiger partial charge in [0.1, 0.15) is 11.4 Å². The summed E-state index contributed by atoms with van der Waals surface area (Å²) < 4.78 is 13.3. The van der Waals surface area contributed by atoms with Crippen molar-refractivity contribution in [1.82, 2.24) is 5.32 Å². The summed E-state index contributed by atoms with van der Waals surface area (Å²) in [6, 6.07) is 6.43. The van der Waals surface area contributed by atoms with Crippen LogP contribution in [0.15, 0.2) is 24.3 Å². The fourth-order valence-corrected chi connectivity index (χ4v) is 3.12. The summed E-state index contributed by atoms with van der Waals surface area (Å²) in [5.41, 5.74) is -0.343. The van der Waals surface area contributed by atoms with Gasteiger partial charge in [-0.2, -0.15) is 0 Å². The molecule has 116 valence electrons. The summed E-state index contributed by atoms with van der Waals surface area (Å²) in [7, 11) is 0. The summed E-state index contributed by atoms with van der Waals surface area (Å²) in [4.78, 5) is 11.7. The van der Waals surface area contributed by atoms with E-state index in [4.69, 9.17) is 0 Å². The van der Waals surface area contributed by atoms with E-state index < -0.39 is 11.5 Å². The molecule has 0 heterocycles. The average molecular weight is 293 g/mol. The summed E-state index contributed by atoms with van der Waals surface area (Å²) in [5, 5.41) is 12.9. The molecule has 3 nitrogen and oxygen atoms in total. The van der Waals surface area contributed by atoms with Crippen LogP contribution in [0.5, 0.6) is 0 Å². The highest BCUT2D eigenvalue weighted by Gasteiger charge is 2.35. The molecule has 1 aliphatic carbocycles. The molecule has 21 heavy (non-hydrogen) atoms. The zero-order chi connectivity index (χ0) is 15.3. The molecule has 0 radical (unpaired) electrons. The Bertz CT molecular complexity index is 483. The zero-order valence-electron chi connectivity index (χ0n) is 12.6. The fraction of sp³-hybridized carbons (Fsp3) is 0.588. The number of aliphatic carboxylic acids is 1. The van der Waals surface area contributed by atoms with Crippen LogP contribution in [0, 0.1) is 5.82 Å². The van der Waals surface area contributed by atoms with E-state index in [0.717, 1.165) is 25.7 Å². The molecule has 4 heteroatoms. The van der Waals surface area contributed by atoms with Gasteiger partial charge < -0.3 is 5.11 Å². The molecule has 0 bridgehead atoms. The molecule has 0 aromatic heterocycles. The molecule has 1 aliphatic rings. The number of nitrogens with one attached hydrogen (secondary N) is 1. The minimum Gasteiger partial charge on any atom is -0.480 e. The standard InChI is InChI=1S/C17H24FNO2/c1-17(16(20)21,12-13-7-6-8-14(18)11-13)19-15-9-4-2-3-5-10-15/h6-8,11,15,19H,2-5,9-10,12H2,1H3,(H,20,21). The Labute approximate surface area is 125 Å². The molecule has 2 rings (SSSR count). The largest absolute Gasteiger partial charge is 0.480 e. The van der Waals surface area contributed by atoms with Crippen LogP contribution in [0.3, 0.4) is 0 Å². The topological polar surface area (TPSA) is 49.3 Å². The highest BCUT2D eigenvalue weighted by atomic mass is 19.1. The first-order valence-electron chi connectivity index (χ1n) is 7.75. The molecule has 1 saturated carbocycles. The van der Waals surface area contributed by atoms with Crippen molar-refractivity contribution in [2.45, 2.75) is 63.5 Å². The predicted molar refractivity (Wildman–Crippen MR) is 80.8 cm³/mol. The molecular weight excluding hydrogens is 269 g/mol. The second-order valence-electron chi connectivity index (χ2n) is 6.28. The quantitative estimate of drug-likeness (QED) is 0.817. The highest BCUT2D eigenvalue weighted by Crippen LogP contribution is 2.22. The maximum Gasteiger partial charge on any atom is 0.323 e. The monoisotopic (exact) mass is 293 g/mol. The van der Waals surface area contributed by atoms with Crippen LogP contribution in [0.4, 0.5) is 4.39 Å². The Morgan fingerprint density at radius 3 is 2.57 bits per heavy atom. The lowest BCUT2D eigenvalue weighted by Gasteiger charge is -2.31. The highest BCUT2D eigenvalue weighted by molar-refractivity contribution is 5.78. The summed E-state index contributed by atoms with van der Waals surface area (Å²) in [6.07, 6.45) is 7.08. The van der Waals surface area contributed by atoms with E-state index in [1.165, 1.54) is 25.0 Å². The van der Waals surface area contributed by atoms with Crippen LogP contribution in [-0.4, -0.2) is 22.7 Å². The maximum atomic E-state index is 13.3. The second kappa shape index (κ2) is 7.03. The normalized spacial score (nSPS) is 19.7. The van der Waals surface area contributed by atoms with Gasteiger partial charge in [0.2, 0.25) is 0 Å². The zero-order valence-corrected chi connectivity index (χ0v) is 12.6. The van der Waals surface area contributed by atoms with E-state index >= 15 is 0 Å². The molecule has 0 saturated heterocycles. The Morgan fingerprint density at radius 1 is 1.33 bits per heavy atom. The molecule has 1 unspecified atom stereocenters. The Morgan fingerprint density at radius 2 is 2.00 bits per heavy atom. The molecule has 0 amide bonds. The van der Waals surface area contributed by atoms with Gasteiger partial charge in [-0.15, -0.1) is 0 Å². The number of hydrogen-bond acceptors (Lipinski definition) is 2. The third-order valence-corrected chi connectivity index (χ3v) is 4.30. The van der Waals surface area contributed by atoms with Crippen molar-refractivity contribution in [3.63, 3.8) is 0 Å². The molecular formula is C17H24FNO2. The number of carboxylic acid groups (broad SMARTS) is 1. The van der Waals surface area contributed by atoms with Gasteiger partial charge in [0.15, 0.2) is 0 Å². The van der Waals surface area contributed by atoms with Crippen LogP contribution in [0.2, 0.25) is 0 Å². The van der Waals surface area contributed by atoms with Crippen LogP contribution in [-0.2, 0) is 11.2 Å². The van der Waals surface area contributed by atoms with Gasteiger partial charge in [0.25, 0.3) is 0 Å². The van der Waals surface area contributed by atoms with E-state index in [-0.39, 0.29) is 18.3 Å². The van der Waals surface area contributed by atoms with Gasteiger partial charge in [-0.25, -0.2) is 4.39 Å². The molecule has 1 aromatic carbocycles. The maximum absolute atomic E-state index is 13.3. The minimum absolute atomic E-state index is 0.238. The Hall–Kier alpha value is -1.42. The van der Waals surface area contributed by atoms with Crippen molar-refractivity contribution < 1.29 is 14.3 Å². The van der Waals surface area contributed by atoms with Crippen LogP contribution >= 0.6 is 0 Å². The predicted octanol–water partition coefficient (Wildman–Crippen LogP) is 3.52. The van der Waals surface area contributed by atoms with Gasteiger partial charge in [0.05, 0.1) is 0 Å². The lowest BCUT2D eigenvalue weighted by atomic mass is 9.90. The number of carbonyl (C=O) groups is 1.